The molecule has 1 unspecified atom stereocenters. The van der Waals surface area contributed by atoms with Crippen LogP contribution in [0.1, 0.15) is 45.4 Å². The van der Waals surface area contributed by atoms with Crippen molar-refractivity contribution < 1.29 is 4.42 Å². The molecule has 0 radical (unpaired) electrons. The molecule has 1 aliphatic rings. The second-order valence-electron chi connectivity index (χ2n) is 7.97. The molecule has 0 spiro atoms. The van der Waals surface area contributed by atoms with Crippen LogP contribution in [0.5, 0.6) is 0 Å². The molecule has 0 bridgehead atoms. The van der Waals surface area contributed by atoms with Gasteiger partial charge >= 0.3 is 0 Å². The maximum absolute atomic E-state index is 5.33. The van der Waals surface area contributed by atoms with E-state index < -0.39 is 0 Å². The molecule has 0 aromatic carbocycles. The van der Waals surface area contributed by atoms with E-state index in [0.29, 0.717) is 23.5 Å². The minimum Gasteiger partial charge on any atom is -0.461 e. The first-order valence-electron chi connectivity index (χ1n) is 10.8. The van der Waals surface area contributed by atoms with Crippen molar-refractivity contribution in [2.45, 2.75) is 52.0 Å². The van der Waals surface area contributed by atoms with E-state index in [9.17, 15) is 0 Å². The number of furan rings is 1. The molecular formula is C21H36IN7O. The van der Waals surface area contributed by atoms with Gasteiger partial charge in [-0.25, -0.2) is 4.98 Å². The van der Waals surface area contributed by atoms with Crippen molar-refractivity contribution >= 4 is 29.9 Å². The lowest BCUT2D eigenvalue weighted by molar-refractivity contribution is 0.161. The molecule has 168 valence electrons. The lowest BCUT2D eigenvalue weighted by Crippen LogP contribution is -2.50. The van der Waals surface area contributed by atoms with Crippen LogP contribution in [0, 0.1) is 5.92 Å². The van der Waals surface area contributed by atoms with Crippen molar-refractivity contribution in [3.63, 3.8) is 0 Å². The number of rotatable bonds is 8. The van der Waals surface area contributed by atoms with E-state index in [1.807, 2.05) is 19.2 Å². The van der Waals surface area contributed by atoms with Crippen LogP contribution in [0.3, 0.4) is 0 Å². The third-order valence-corrected chi connectivity index (χ3v) is 5.51. The van der Waals surface area contributed by atoms with Crippen molar-refractivity contribution in [1.29, 1.82) is 0 Å². The maximum atomic E-state index is 5.33. The van der Waals surface area contributed by atoms with Crippen molar-refractivity contribution in [2.24, 2.45) is 10.9 Å². The minimum atomic E-state index is 0. The first-order chi connectivity index (χ1) is 14.2. The highest BCUT2D eigenvalue weighted by atomic mass is 127. The van der Waals surface area contributed by atoms with Gasteiger partial charge in [-0.3, -0.25) is 15.0 Å². The van der Waals surface area contributed by atoms with Crippen molar-refractivity contribution in [3.05, 3.63) is 24.2 Å². The van der Waals surface area contributed by atoms with Crippen molar-refractivity contribution in [2.75, 3.05) is 33.2 Å². The largest absolute Gasteiger partial charge is 0.461 e. The first kappa shape index (κ1) is 24.6. The Morgan fingerprint density at radius 1 is 1.23 bits per heavy atom. The van der Waals surface area contributed by atoms with Gasteiger partial charge in [0.25, 0.3) is 0 Å². The summed E-state index contributed by atoms with van der Waals surface area (Å²) < 4.78 is 5.33. The quantitative estimate of drug-likeness (QED) is 0.276. The number of guanidine groups is 1. The van der Waals surface area contributed by atoms with Gasteiger partial charge in [0.15, 0.2) is 11.7 Å². The molecule has 30 heavy (non-hydrogen) atoms. The number of hydrogen-bond acceptors (Lipinski definition) is 5. The molecule has 3 rings (SSSR count). The second kappa shape index (κ2) is 12.9. The fraction of sp³-hybridized carbons (Fsp3) is 0.667. The topological polar surface area (TPSA) is 94.4 Å². The van der Waals surface area contributed by atoms with Gasteiger partial charge < -0.3 is 15.1 Å². The highest BCUT2D eigenvalue weighted by molar-refractivity contribution is 14.0. The molecule has 9 heteroatoms. The summed E-state index contributed by atoms with van der Waals surface area (Å²) in [4.78, 5) is 11.5. The van der Waals surface area contributed by atoms with Gasteiger partial charge in [0, 0.05) is 32.6 Å². The van der Waals surface area contributed by atoms with Crippen LogP contribution in [0.15, 0.2) is 27.8 Å². The summed E-state index contributed by atoms with van der Waals surface area (Å²) in [7, 11) is 1.81. The van der Waals surface area contributed by atoms with Gasteiger partial charge in [0.2, 0.25) is 5.82 Å². The molecule has 2 aromatic rings. The fourth-order valence-electron chi connectivity index (χ4n) is 3.86. The predicted octanol–water partition coefficient (Wildman–Crippen LogP) is 3.29. The van der Waals surface area contributed by atoms with Crippen LogP contribution >= 0.6 is 24.0 Å². The van der Waals surface area contributed by atoms with Crippen molar-refractivity contribution in [1.82, 2.24) is 30.7 Å². The number of nitrogens with zero attached hydrogens (tertiary/aromatic N) is 4. The molecule has 8 nitrogen and oxygen atoms in total. The average molecular weight is 529 g/mol. The zero-order chi connectivity index (χ0) is 20.5. The van der Waals surface area contributed by atoms with Crippen LogP contribution in [0.2, 0.25) is 0 Å². The number of halogens is 1. The molecular weight excluding hydrogens is 493 g/mol. The van der Waals surface area contributed by atoms with Gasteiger partial charge in [0.1, 0.15) is 5.82 Å². The molecule has 1 atom stereocenters. The molecule has 3 N–H and O–H groups in total. The summed E-state index contributed by atoms with van der Waals surface area (Å²) in [6.07, 6.45) is 7.70. The Labute approximate surface area is 196 Å². The average Bonchev–Trinajstić information content (AvgIpc) is 3.34. The van der Waals surface area contributed by atoms with E-state index in [-0.39, 0.29) is 24.0 Å². The van der Waals surface area contributed by atoms with Crippen LogP contribution in [-0.2, 0) is 6.42 Å². The van der Waals surface area contributed by atoms with Gasteiger partial charge in [0.05, 0.1) is 6.26 Å². The Morgan fingerprint density at radius 3 is 2.63 bits per heavy atom. The van der Waals surface area contributed by atoms with Gasteiger partial charge in [-0.05, 0) is 44.0 Å². The fourth-order valence-corrected chi connectivity index (χ4v) is 3.86. The number of hydrogen-bond donors (Lipinski definition) is 3. The van der Waals surface area contributed by atoms with Crippen LogP contribution < -0.4 is 10.6 Å². The summed E-state index contributed by atoms with van der Waals surface area (Å²) in [6.45, 7) is 8.67. The maximum Gasteiger partial charge on any atom is 0.216 e. The van der Waals surface area contributed by atoms with E-state index in [1.54, 1.807) is 6.26 Å². The highest BCUT2D eigenvalue weighted by Gasteiger charge is 2.22. The zero-order valence-electron chi connectivity index (χ0n) is 18.4. The first-order valence-corrected chi connectivity index (χ1v) is 10.8. The predicted molar refractivity (Wildman–Crippen MR) is 131 cm³/mol. The lowest BCUT2D eigenvalue weighted by atomic mass is 10.0. The summed E-state index contributed by atoms with van der Waals surface area (Å²) in [6, 6.07) is 4.21. The van der Waals surface area contributed by atoms with E-state index in [0.717, 1.165) is 31.3 Å². The Morgan fingerprint density at radius 2 is 2.00 bits per heavy atom. The summed E-state index contributed by atoms with van der Waals surface area (Å²) in [5.41, 5.74) is 0. The lowest BCUT2D eigenvalue weighted by Gasteiger charge is -2.34. The van der Waals surface area contributed by atoms with E-state index in [1.165, 1.54) is 38.8 Å². The van der Waals surface area contributed by atoms with E-state index in [2.05, 4.69) is 49.6 Å². The number of aromatic amines is 1. The minimum absolute atomic E-state index is 0. The third-order valence-electron chi connectivity index (χ3n) is 5.51. The Balaban J connectivity index is 0.00000320. The Kier molecular flexibility index (Phi) is 10.6. The molecule has 2 aromatic heterocycles. The molecule has 0 amide bonds. The molecule has 1 aliphatic heterocycles. The zero-order valence-corrected chi connectivity index (χ0v) is 20.7. The monoisotopic (exact) mass is 529 g/mol. The number of likely N-dealkylation sites (tertiary alicyclic amines) is 1. The number of aromatic nitrogens is 3. The standard InChI is InChI=1S/C21H35N7O.HI/c1-16(2)17(28-12-6-4-5-7-13-28)15-24-21(22-3)23-11-10-19-25-20(27-26-19)18-9-8-14-29-18;/h8-9,14,16-17H,4-7,10-13,15H2,1-3H3,(H2,22,23,24)(H,25,26,27);1H. The molecule has 0 aliphatic carbocycles. The Bertz CT molecular complexity index is 736. The summed E-state index contributed by atoms with van der Waals surface area (Å²) in [5.74, 6) is 3.52. The van der Waals surface area contributed by atoms with Crippen LogP contribution in [0.25, 0.3) is 11.6 Å². The van der Waals surface area contributed by atoms with Crippen LogP contribution in [0.4, 0.5) is 0 Å². The van der Waals surface area contributed by atoms with Gasteiger partial charge in [-0.2, -0.15) is 5.10 Å². The Hall–Kier alpha value is -1.62. The van der Waals surface area contributed by atoms with Crippen molar-refractivity contribution in [3.8, 4) is 11.6 Å². The normalized spacial score (nSPS) is 16.7. The smallest absolute Gasteiger partial charge is 0.216 e. The number of H-pyrrole nitrogens is 1. The number of nitrogens with one attached hydrogen (secondary N) is 3. The molecule has 3 heterocycles. The van der Waals surface area contributed by atoms with Crippen LogP contribution in [-0.4, -0.2) is 65.3 Å². The summed E-state index contributed by atoms with van der Waals surface area (Å²) in [5, 5.41) is 14.1. The third kappa shape index (κ3) is 7.26. The van der Waals surface area contributed by atoms with Gasteiger partial charge in [-0.15, -0.1) is 24.0 Å². The SMILES string of the molecule is CN=C(NCCc1nc(-c2ccco2)n[nH]1)NCC(C(C)C)N1CCCCCC1.I. The number of aliphatic imine (C=N–C) groups is 1. The molecule has 0 saturated carbocycles. The second-order valence-corrected chi connectivity index (χ2v) is 7.97. The summed E-state index contributed by atoms with van der Waals surface area (Å²) >= 11 is 0. The molecule has 1 fully saturated rings. The van der Waals surface area contributed by atoms with E-state index >= 15 is 0 Å². The molecule has 1 saturated heterocycles. The van der Waals surface area contributed by atoms with E-state index in [4.69, 9.17) is 4.42 Å². The van der Waals surface area contributed by atoms with Gasteiger partial charge in [-0.1, -0.05) is 26.7 Å². The highest BCUT2D eigenvalue weighted by Crippen LogP contribution is 2.17.